The van der Waals surface area contributed by atoms with Crippen molar-refractivity contribution in [1.82, 2.24) is 26.2 Å². The second-order valence-electron chi connectivity index (χ2n) is 16.5. The van der Waals surface area contributed by atoms with Crippen LogP contribution in [0, 0.1) is 11.8 Å². The van der Waals surface area contributed by atoms with Gasteiger partial charge in [0.2, 0.25) is 23.5 Å². The summed E-state index contributed by atoms with van der Waals surface area (Å²) >= 11 is 3.45. The number of nitrogens with zero attached hydrogens (tertiary/aromatic N) is 1. The van der Waals surface area contributed by atoms with E-state index >= 15 is 0 Å². The highest BCUT2D eigenvalue weighted by Crippen LogP contribution is 2.50. The van der Waals surface area contributed by atoms with Gasteiger partial charge in [0, 0.05) is 13.0 Å². The van der Waals surface area contributed by atoms with Gasteiger partial charge < -0.3 is 35.6 Å². The van der Waals surface area contributed by atoms with Crippen LogP contribution in [0.3, 0.4) is 0 Å². The second kappa shape index (κ2) is 21.3. The number of hydrogen-bond donors (Lipinski definition) is 4. The maximum absolute atomic E-state index is 14.6. The van der Waals surface area contributed by atoms with Crippen molar-refractivity contribution in [2.24, 2.45) is 11.8 Å². The van der Waals surface area contributed by atoms with Crippen LogP contribution >= 0.6 is 23.5 Å². The van der Waals surface area contributed by atoms with E-state index in [4.69, 9.17) is 9.47 Å². The fourth-order valence-corrected chi connectivity index (χ4v) is 10.6. The molecule has 1 aromatic rings. The second-order valence-corrected chi connectivity index (χ2v) is 19.7. The molecule has 1 saturated carbocycles. The average Bonchev–Trinajstić information content (AvgIpc) is 3.55. The van der Waals surface area contributed by atoms with Crippen LogP contribution in [0.4, 0.5) is 4.79 Å². The summed E-state index contributed by atoms with van der Waals surface area (Å²) in [5.74, 6) is -2.59. The summed E-state index contributed by atoms with van der Waals surface area (Å²) in [6, 6.07) is 4.32. The Kier molecular flexibility index (Phi) is 17.1. The minimum atomic E-state index is -1.22. The summed E-state index contributed by atoms with van der Waals surface area (Å²) < 4.78 is 10.5. The molecule has 0 aromatic heterocycles. The Labute approximate surface area is 345 Å². The minimum absolute atomic E-state index is 0.112. The van der Waals surface area contributed by atoms with Crippen LogP contribution in [0.1, 0.15) is 111 Å². The van der Waals surface area contributed by atoms with E-state index < -0.39 is 76.0 Å². The molecule has 4 N–H and O–H groups in total. The highest BCUT2D eigenvalue weighted by molar-refractivity contribution is 8.18. The van der Waals surface area contributed by atoms with Crippen molar-refractivity contribution in [2.45, 2.75) is 133 Å². The molecule has 2 aliphatic heterocycles. The van der Waals surface area contributed by atoms with E-state index in [1.807, 2.05) is 20.8 Å². The number of alkyl carbamates (subject to hydrolysis) is 1. The standard InChI is InChI=1S/C41H61N5O9S2/c1-7-15-29(34(48)36(50)42-23-31(47)44-33(28-18-12-9-13-19-28)38(52)55-40(4,5)6)43-35(49)30-22-41(56-20-14-21-57-41)25-46(30)37(51)32(27-16-10-8-11-17-27)45-39(53)54-24-26(2)3/h9,12-13,18-19,26-27,29-30,32-33H,7-8,10-11,14-17,20-25H2,1-6H3,(H,42,50)(H,43,49)(H,44,47)(H,45,53)/t29?,30-,32?,33?/m0/s1. The Morgan fingerprint density at radius 2 is 1.58 bits per heavy atom. The number of hydrogen-bond acceptors (Lipinski definition) is 11. The molecule has 0 bridgehead atoms. The van der Waals surface area contributed by atoms with Gasteiger partial charge in [-0.15, -0.1) is 23.5 Å². The van der Waals surface area contributed by atoms with Gasteiger partial charge in [0.1, 0.15) is 17.7 Å². The van der Waals surface area contributed by atoms with Gasteiger partial charge in [-0.25, -0.2) is 9.59 Å². The van der Waals surface area contributed by atoms with Crippen molar-refractivity contribution in [2.75, 3.05) is 31.2 Å². The van der Waals surface area contributed by atoms with Crippen LogP contribution in [0.15, 0.2) is 30.3 Å². The molecule has 2 heterocycles. The number of ether oxygens (including phenoxy) is 2. The first kappa shape index (κ1) is 45.9. The number of carbonyl (C=O) groups is 7. The number of esters is 1. The number of amides is 5. The van der Waals surface area contributed by atoms with Gasteiger partial charge >= 0.3 is 12.1 Å². The molecule has 316 valence electrons. The molecule has 3 aliphatic rings. The number of nitrogens with one attached hydrogen (secondary N) is 4. The Morgan fingerprint density at radius 3 is 2.19 bits per heavy atom. The van der Waals surface area contributed by atoms with E-state index in [1.54, 1.807) is 79.5 Å². The van der Waals surface area contributed by atoms with Gasteiger partial charge in [0.15, 0.2) is 6.04 Å². The summed E-state index contributed by atoms with van der Waals surface area (Å²) in [4.78, 5) is 96.2. The summed E-state index contributed by atoms with van der Waals surface area (Å²) in [7, 11) is 0. The van der Waals surface area contributed by atoms with E-state index in [2.05, 4.69) is 21.3 Å². The number of likely N-dealkylation sites (tertiary alicyclic amines) is 1. The number of Topliss-reactive ketones (excluding diaryl/α,β-unsaturated/α-hetero) is 1. The van der Waals surface area contributed by atoms with Crippen LogP contribution in [0.2, 0.25) is 0 Å². The zero-order valence-corrected chi connectivity index (χ0v) is 35.8. The number of carbonyl (C=O) groups excluding carboxylic acids is 7. The lowest BCUT2D eigenvalue weighted by molar-refractivity contribution is -0.158. The Balaban J connectivity index is 1.47. The maximum Gasteiger partial charge on any atom is 0.407 e. The number of ketones is 1. The van der Waals surface area contributed by atoms with Crippen molar-refractivity contribution in [1.29, 1.82) is 0 Å². The summed E-state index contributed by atoms with van der Waals surface area (Å²) in [5, 5.41) is 10.6. The molecule has 1 aliphatic carbocycles. The van der Waals surface area contributed by atoms with Gasteiger partial charge in [0.25, 0.3) is 5.91 Å². The zero-order valence-electron chi connectivity index (χ0n) is 34.2. The summed E-state index contributed by atoms with van der Waals surface area (Å²) in [6.45, 7) is 10.7. The molecule has 3 unspecified atom stereocenters. The Morgan fingerprint density at radius 1 is 0.912 bits per heavy atom. The molecule has 4 rings (SSSR count). The Hall–Kier alpha value is -3.79. The highest BCUT2D eigenvalue weighted by atomic mass is 32.2. The first-order valence-corrected chi connectivity index (χ1v) is 22.2. The van der Waals surface area contributed by atoms with Crippen molar-refractivity contribution in [3.05, 3.63) is 35.9 Å². The van der Waals surface area contributed by atoms with Gasteiger partial charge in [0.05, 0.1) is 23.3 Å². The molecular weight excluding hydrogens is 771 g/mol. The fraction of sp³-hybridized carbons (Fsp3) is 0.683. The van der Waals surface area contributed by atoms with Gasteiger partial charge in [-0.3, -0.25) is 24.0 Å². The number of benzene rings is 1. The molecule has 0 radical (unpaired) electrons. The molecule has 57 heavy (non-hydrogen) atoms. The van der Waals surface area contributed by atoms with Crippen molar-refractivity contribution in [3.63, 3.8) is 0 Å². The highest BCUT2D eigenvalue weighted by Gasteiger charge is 2.52. The van der Waals surface area contributed by atoms with Crippen LogP contribution in [-0.4, -0.2) is 105 Å². The monoisotopic (exact) mass is 831 g/mol. The normalized spacial score (nSPS) is 19.8. The Bertz CT molecular complexity index is 1580. The SMILES string of the molecule is CCCC(NC(=O)[C@@H]1CC2(CN1C(=O)C(NC(=O)OCC(C)C)C1CCCCC1)SCCCS2)C(=O)C(=O)NCC(=O)NC(C(=O)OC(C)(C)C)c1ccccc1. The molecule has 16 heteroatoms. The fourth-order valence-electron chi connectivity index (χ4n) is 7.30. The number of rotatable bonds is 16. The minimum Gasteiger partial charge on any atom is -0.458 e. The third kappa shape index (κ3) is 13.6. The predicted octanol–water partition coefficient (Wildman–Crippen LogP) is 4.65. The first-order chi connectivity index (χ1) is 27.0. The van der Waals surface area contributed by atoms with Crippen molar-refractivity contribution in [3.8, 4) is 0 Å². The average molecular weight is 832 g/mol. The third-order valence-electron chi connectivity index (χ3n) is 10.0. The molecule has 5 amide bonds. The van der Waals surface area contributed by atoms with E-state index in [1.165, 1.54) is 0 Å². The molecular formula is C41H61N5O9S2. The van der Waals surface area contributed by atoms with Crippen LogP contribution in [0.5, 0.6) is 0 Å². The summed E-state index contributed by atoms with van der Waals surface area (Å²) in [5.41, 5.74) is -0.340. The molecule has 1 spiro atoms. The van der Waals surface area contributed by atoms with Crippen LogP contribution < -0.4 is 21.3 Å². The van der Waals surface area contributed by atoms with Crippen molar-refractivity contribution >= 4 is 65.0 Å². The lowest BCUT2D eigenvalue weighted by Gasteiger charge is -2.35. The molecule has 14 nitrogen and oxygen atoms in total. The van der Waals surface area contributed by atoms with Gasteiger partial charge in [-0.2, -0.15) is 0 Å². The van der Waals surface area contributed by atoms with E-state index in [0.29, 0.717) is 24.9 Å². The molecule has 4 atom stereocenters. The smallest absolute Gasteiger partial charge is 0.407 e. The summed E-state index contributed by atoms with van der Waals surface area (Å²) in [6.07, 6.45) is 5.69. The molecule has 2 saturated heterocycles. The van der Waals surface area contributed by atoms with E-state index in [9.17, 15) is 33.6 Å². The lowest BCUT2D eigenvalue weighted by atomic mass is 9.83. The van der Waals surface area contributed by atoms with Crippen molar-refractivity contribution < 1.29 is 43.0 Å². The molecule has 1 aromatic carbocycles. The lowest BCUT2D eigenvalue weighted by Crippen LogP contribution is -2.58. The van der Waals surface area contributed by atoms with E-state index in [-0.39, 0.29) is 30.8 Å². The van der Waals surface area contributed by atoms with Crippen LogP contribution in [0.25, 0.3) is 0 Å². The number of thioether (sulfide) groups is 2. The molecule has 3 fully saturated rings. The predicted molar refractivity (Wildman–Crippen MR) is 220 cm³/mol. The zero-order chi connectivity index (χ0) is 41.8. The topological polar surface area (TPSA) is 189 Å². The van der Waals surface area contributed by atoms with Gasteiger partial charge in [-0.05, 0) is 75.4 Å². The largest absolute Gasteiger partial charge is 0.458 e. The first-order valence-electron chi connectivity index (χ1n) is 20.2. The van der Waals surface area contributed by atoms with Crippen LogP contribution in [-0.2, 0) is 38.2 Å². The third-order valence-corrected chi connectivity index (χ3v) is 13.4. The quantitative estimate of drug-likeness (QED) is 0.134. The van der Waals surface area contributed by atoms with Gasteiger partial charge in [-0.1, -0.05) is 76.8 Å². The maximum atomic E-state index is 14.6. The van der Waals surface area contributed by atoms with E-state index in [0.717, 1.165) is 50.0 Å².